The average molecular weight is 173 g/mol. The van der Waals surface area contributed by atoms with Crippen molar-refractivity contribution in [2.45, 2.75) is 19.4 Å². The lowest BCUT2D eigenvalue weighted by atomic mass is 10.1. The third-order valence-corrected chi connectivity index (χ3v) is 1.37. The maximum absolute atomic E-state index is 5.73. The van der Waals surface area contributed by atoms with E-state index >= 15 is 0 Å². The fourth-order valence-corrected chi connectivity index (χ4v) is 0.883. The molecule has 0 aliphatic carbocycles. The highest BCUT2D eigenvalue weighted by Crippen LogP contribution is 1.99. The highest BCUT2D eigenvalue weighted by Gasteiger charge is 2.01. The van der Waals surface area contributed by atoms with Gasteiger partial charge in [0.25, 0.3) is 0 Å². The number of methoxy groups -OCH3 is 1. The van der Waals surface area contributed by atoms with Gasteiger partial charge in [0.15, 0.2) is 0 Å². The largest absolute Gasteiger partial charge is 0.382 e. The first-order valence-electron chi connectivity index (χ1n) is 4.13. The van der Waals surface area contributed by atoms with Gasteiger partial charge in [-0.3, -0.25) is 0 Å². The van der Waals surface area contributed by atoms with Crippen LogP contribution in [0.25, 0.3) is 0 Å². The van der Waals surface area contributed by atoms with E-state index in [1.54, 1.807) is 7.11 Å². The van der Waals surface area contributed by atoms with Gasteiger partial charge < -0.3 is 15.2 Å². The van der Waals surface area contributed by atoms with Gasteiger partial charge in [-0.1, -0.05) is 5.57 Å². The molecule has 0 saturated carbocycles. The van der Waals surface area contributed by atoms with Gasteiger partial charge in [0.1, 0.15) is 0 Å². The highest BCUT2D eigenvalue weighted by molar-refractivity contribution is 4.91. The Morgan fingerprint density at radius 3 is 2.67 bits per heavy atom. The Labute approximate surface area is 74.5 Å². The molecule has 2 N–H and O–H groups in total. The van der Waals surface area contributed by atoms with Crippen molar-refractivity contribution in [1.29, 1.82) is 0 Å². The third-order valence-electron chi connectivity index (χ3n) is 1.37. The van der Waals surface area contributed by atoms with E-state index in [0.29, 0.717) is 19.8 Å². The summed E-state index contributed by atoms with van der Waals surface area (Å²) in [5.74, 6) is 0. The van der Waals surface area contributed by atoms with Crippen LogP contribution in [0.1, 0.15) is 13.3 Å². The number of hydrogen-bond donors (Lipinski definition) is 1. The zero-order chi connectivity index (χ0) is 9.40. The van der Waals surface area contributed by atoms with Crippen molar-refractivity contribution in [3.8, 4) is 0 Å². The van der Waals surface area contributed by atoms with Crippen LogP contribution in [0.2, 0.25) is 0 Å². The third kappa shape index (κ3) is 7.72. The van der Waals surface area contributed by atoms with Crippen LogP contribution in [0, 0.1) is 0 Å². The van der Waals surface area contributed by atoms with Crippen LogP contribution >= 0.6 is 0 Å². The smallest absolute Gasteiger partial charge is 0.0701 e. The summed E-state index contributed by atoms with van der Waals surface area (Å²) in [4.78, 5) is 0. The van der Waals surface area contributed by atoms with Gasteiger partial charge >= 0.3 is 0 Å². The van der Waals surface area contributed by atoms with Gasteiger partial charge in [-0.2, -0.15) is 0 Å². The molecule has 0 spiro atoms. The van der Waals surface area contributed by atoms with Gasteiger partial charge in [-0.05, 0) is 13.3 Å². The van der Waals surface area contributed by atoms with Crippen molar-refractivity contribution in [1.82, 2.24) is 0 Å². The highest BCUT2D eigenvalue weighted by atomic mass is 16.5. The second-order valence-electron chi connectivity index (χ2n) is 2.99. The van der Waals surface area contributed by atoms with E-state index in [9.17, 15) is 0 Å². The number of rotatable bonds is 7. The molecule has 72 valence electrons. The molecule has 0 radical (unpaired) electrons. The fourth-order valence-electron chi connectivity index (χ4n) is 0.883. The van der Waals surface area contributed by atoms with Crippen LogP contribution in [0.15, 0.2) is 12.2 Å². The SMILES string of the molecule is C=C(C)CC(N)COCCOC. The molecule has 0 aromatic heterocycles. The Bertz CT molecular complexity index is 126. The molecule has 3 heteroatoms. The minimum absolute atomic E-state index is 0.0688. The summed E-state index contributed by atoms with van der Waals surface area (Å²) in [7, 11) is 1.65. The van der Waals surface area contributed by atoms with Gasteiger partial charge in [0, 0.05) is 13.2 Å². The molecule has 0 aliphatic heterocycles. The molecule has 3 nitrogen and oxygen atoms in total. The Morgan fingerprint density at radius 1 is 1.50 bits per heavy atom. The summed E-state index contributed by atoms with van der Waals surface area (Å²) >= 11 is 0. The van der Waals surface area contributed by atoms with Crippen LogP contribution in [-0.4, -0.2) is 33.0 Å². The van der Waals surface area contributed by atoms with Gasteiger partial charge in [0.2, 0.25) is 0 Å². The molecule has 1 unspecified atom stereocenters. The topological polar surface area (TPSA) is 44.5 Å². The van der Waals surface area contributed by atoms with Crippen LogP contribution in [-0.2, 0) is 9.47 Å². The zero-order valence-corrected chi connectivity index (χ0v) is 8.01. The molecule has 0 aromatic rings. The van der Waals surface area contributed by atoms with E-state index in [0.717, 1.165) is 12.0 Å². The van der Waals surface area contributed by atoms with Crippen molar-refractivity contribution in [3.05, 3.63) is 12.2 Å². The predicted molar refractivity (Wildman–Crippen MR) is 50.1 cm³/mol. The number of hydrogen-bond acceptors (Lipinski definition) is 3. The molecule has 0 fully saturated rings. The molecule has 0 heterocycles. The number of ether oxygens (including phenoxy) is 2. The summed E-state index contributed by atoms with van der Waals surface area (Å²) in [6.45, 7) is 7.56. The summed E-state index contributed by atoms with van der Waals surface area (Å²) in [6.07, 6.45) is 0.826. The van der Waals surface area contributed by atoms with Gasteiger partial charge in [-0.25, -0.2) is 0 Å². The molecule has 0 amide bonds. The lowest BCUT2D eigenvalue weighted by Crippen LogP contribution is -2.27. The van der Waals surface area contributed by atoms with E-state index in [2.05, 4.69) is 6.58 Å². The van der Waals surface area contributed by atoms with Gasteiger partial charge in [0.05, 0.1) is 19.8 Å². The zero-order valence-electron chi connectivity index (χ0n) is 8.01. The number of nitrogens with two attached hydrogens (primary N) is 1. The quantitative estimate of drug-likeness (QED) is 0.460. The average Bonchev–Trinajstić information content (AvgIpc) is 1.97. The molecule has 0 bridgehead atoms. The Kier molecular flexibility index (Phi) is 7.05. The van der Waals surface area contributed by atoms with Crippen LogP contribution in [0.4, 0.5) is 0 Å². The molecule has 0 saturated heterocycles. The summed E-state index contributed by atoms with van der Waals surface area (Å²) in [5, 5.41) is 0. The van der Waals surface area contributed by atoms with Crippen LogP contribution in [0.3, 0.4) is 0 Å². The Hall–Kier alpha value is -0.380. The van der Waals surface area contributed by atoms with Crippen molar-refractivity contribution >= 4 is 0 Å². The first-order valence-corrected chi connectivity index (χ1v) is 4.13. The van der Waals surface area contributed by atoms with E-state index in [1.807, 2.05) is 6.92 Å². The molecule has 0 rings (SSSR count). The minimum atomic E-state index is 0.0688. The summed E-state index contributed by atoms with van der Waals surface area (Å²) < 4.78 is 10.1. The second kappa shape index (κ2) is 7.28. The van der Waals surface area contributed by atoms with E-state index in [-0.39, 0.29) is 6.04 Å². The summed E-state index contributed by atoms with van der Waals surface area (Å²) in [5.41, 5.74) is 6.83. The lowest BCUT2D eigenvalue weighted by molar-refractivity contribution is 0.0637. The second-order valence-corrected chi connectivity index (χ2v) is 2.99. The molecule has 0 aliphatic rings. The van der Waals surface area contributed by atoms with Crippen LogP contribution in [0.5, 0.6) is 0 Å². The van der Waals surface area contributed by atoms with Crippen LogP contribution < -0.4 is 5.73 Å². The van der Waals surface area contributed by atoms with Crippen molar-refractivity contribution in [2.24, 2.45) is 5.73 Å². The van der Waals surface area contributed by atoms with Crippen molar-refractivity contribution < 1.29 is 9.47 Å². The standard InChI is InChI=1S/C9H19NO2/c1-8(2)6-9(10)7-12-5-4-11-3/h9H,1,4-7,10H2,2-3H3. The summed E-state index contributed by atoms with van der Waals surface area (Å²) in [6, 6.07) is 0.0688. The molecule has 1 atom stereocenters. The maximum atomic E-state index is 5.73. The normalized spacial score (nSPS) is 12.9. The Morgan fingerprint density at radius 2 is 2.17 bits per heavy atom. The molecule has 0 aromatic carbocycles. The van der Waals surface area contributed by atoms with E-state index < -0.39 is 0 Å². The Balaban J connectivity index is 3.19. The maximum Gasteiger partial charge on any atom is 0.0701 e. The predicted octanol–water partition coefficient (Wildman–Crippen LogP) is 0.943. The van der Waals surface area contributed by atoms with E-state index in [4.69, 9.17) is 15.2 Å². The molecular formula is C9H19NO2. The van der Waals surface area contributed by atoms with Gasteiger partial charge in [-0.15, -0.1) is 6.58 Å². The fraction of sp³-hybridized carbons (Fsp3) is 0.778. The molecular weight excluding hydrogens is 154 g/mol. The van der Waals surface area contributed by atoms with Crippen molar-refractivity contribution in [2.75, 3.05) is 26.9 Å². The van der Waals surface area contributed by atoms with Crippen molar-refractivity contribution in [3.63, 3.8) is 0 Å². The van der Waals surface area contributed by atoms with E-state index in [1.165, 1.54) is 0 Å². The first-order chi connectivity index (χ1) is 5.66. The monoisotopic (exact) mass is 173 g/mol. The molecule has 12 heavy (non-hydrogen) atoms. The first kappa shape index (κ1) is 11.6. The minimum Gasteiger partial charge on any atom is -0.382 e. The lowest BCUT2D eigenvalue weighted by Gasteiger charge is -2.11.